The number of hydrogen-bond acceptors (Lipinski definition) is 4. The molecule has 0 spiro atoms. The minimum Gasteiger partial charge on any atom is -0.332 e. The number of thiophene rings is 1. The fraction of sp³-hybridized carbons (Fsp3) is 0.611. The van der Waals surface area contributed by atoms with Crippen molar-refractivity contribution >= 4 is 17.2 Å². The molecule has 0 aromatic carbocycles. The Morgan fingerprint density at radius 3 is 2.96 bits per heavy atom. The van der Waals surface area contributed by atoms with Gasteiger partial charge in [0, 0.05) is 30.6 Å². The number of carbonyl (C=O) groups excluding carboxylic acids is 1. The van der Waals surface area contributed by atoms with Crippen molar-refractivity contribution < 1.29 is 4.79 Å². The summed E-state index contributed by atoms with van der Waals surface area (Å²) >= 11 is 1.68. The van der Waals surface area contributed by atoms with Gasteiger partial charge in [0.1, 0.15) is 0 Å². The maximum atomic E-state index is 13.0. The zero-order valence-corrected chi connectivity index (χ0v) is 15.3. The highest BCUT2D eigenvalue weighted by Gasteiger charge is 2.37. The fourth-order valence-electron chi connectivity index (χ4n) is 3.15. The quantitative estimate of drug-likeness (QED) is 0.813. The first kappa shape index (κ1) is 18.2. The van der Waals surface area contributed by atoms with Crippen molar-refractivity contribution in [2.45, 2.75) is 45.8 Å². The number of rotatable bonds is 6. The van der Waals surface area contributed by atoms with E-state index in [-0.39, 0.29) is 23.4 Å². The normalized spacial score (nSPS) is 22.5. The SMILES string of the molecule is C=CCN(Cc1cccs1)C(=O)C(C)N1CCC(N)C(C)(C)C1. The molecule has 5 heteroatoms. The molecule has 0 aliphatic carbocycles. The molecule has 1 aromatic rings. The first-order valence-corrected chi connectivity index (χ1v) is 9.15. The smallest absolute Gasteiger partial charge is 0.240 e. The number of nitrogens with zero attached hydrogens (tertiary/aromatic N) is 2. The predicted molar refractivity (Wildman–Crippen MR) is 97.3 cm³/mol. The summed E-state index contributed by atoms with van der Waals surface area (Å²) in [6.07, 6.45) is 2.74. The van der Waals surface area contributed by atoms with E-state index in [1.165, 1.54) is 4.88 Å². The number of likely N-dealkylation sites (tertiary alicyclic amines) is 1. The monoisotopic (exact) mass is 335 g/mol. The van der Waals surface area contributed by atoms with E-state index in [2.05, 4.69) is 31.4 Å². The number of carbonyl (C=O) groups is 1. The molecular formula is C18H29N3OS. The highest BCUT2D eigenvalue weighted by molar-refractivity contribution is 7.09. The summed E-state index contributed by atoms with van der Waals surface area (Å²) in [4.78, 5) is 18.3. The van der Waals surface area contributed by atoms with Crippen LogP contribution in [0, 0.1) is 5.41 Å². The van der Waals surface area contributed by atoms with Crippen molar-refractivity contribution in [2.75, 3.05) is 19.6 Å². The summed E-state index contributed by atoms with van der Waals surface area (Å²) in [5, 5.41) is 2.05. The van der Waals surface area contributed by atoms with E-state index in [9.17, 15) is 4.79 Å². The maximum absolute atomic E-state index is 13.0. The van der Waals surface area contributed by atoms with Crippen molar-refractivity contribution in [3.63, 3.8) is 0 Å². The van der Waals surface area contributed by atoms with Crippen molar-refractivity contribution in [3.8, 4) is 0 Å². The van der Waals surface area contributed by atoms with Gasteiger partial charge in [-0.1, -0.05) is 26.0 Å². The van der Waals surface area contributed by atoms with E-state index >= 15 is 0 Å². The third-order valence-electron chi connectivity index (χ3n) is 4.83. The lowest BCUT2D eigenvalue weighted by Gasteiger charge is -2.45. The number of nitrogens with two attached hydrogens (primary N) is 1. The number of piperidine rings is 1. The molecule has 1 aromatic heterocycles. The molecule has 0 radical (unpaired) electrons. The maximum Gasteiger partial charge on any atom is 0.240 e. The summed E-state index contributed by atoms with van der Waals surface area (Å²) in [5.74, 6) is 0.171. The highest BCUT2D eigenvalue weighted by atomic mass is 32.1. The molecule has 2 unspecified atom stereocenters. The van der Waals surface area contributed by atoms with Crippen molar-refractivity contribution in [1.82, 2.24) is 9.80 Å². The Labute approximate surface area is 144 Å². The lowest BCUT2D eigenvalue weighted by atomic mass is 9.79. The van der Waals surface area contributed by atoms with Crippen LogP contribution in [-0.4, -0.2) is 47.4 Å². The average Bonchev–Trinajstić information content (AvgIpc) is 3.01. The molecule has 2 N–H and O–H groups in total. The molecule has 23 heavy (non-hydrogen) atoms. The predicted octanol–water partition coefficient (Wildman–Crippen LogP) is 2.71. The van der Waals surface area contributed by atoms with Gasteiger partial charge in [-0.05, 0) is 30.2 Å². The molecule has 2 atom stereocenters. The van der Waals surface area contributed by atoms with Crippen molar-refractivity contribution in [2.24, 2.45) is 11.1 Å². The molecule has 1 amide bonds. The van der Waals surface area contributed by atoms with Gasteiger partial charge >= 0.3 is 0 Å². The van der Waals surface area contributed by atoms with Gasteiger partial charge in [0.2, 0.25) is 5.91 Å². The minimum absolute atomic E-state index is 0.0454. The molecule has 1 aliphatic rings. The van der Waals surface area contributed by atoms with E-state index < -0.39 is 0 Å². The van der Waals surface area contributed by atoms with Gasteiger partial charge in [-0.2, -0.15) is 0 Å². The molecule has 2 rings (SSSR count). The Morgan fingerprint density at radius 2 is 2.39 bits per heavy atom. The van der Waals surface area contributed by atoms with Gasteiger partial charge in [-0.15, -0.1) is 17.9 Å². The molecule has 1 aliphatic heterocycles. The van der Waals surface area contributed by atoms with E-state index in [0.717, 1.165) is 19.5 Å². The third kappa shape index (κ3) is 4.43. The molecule has 128 valence electrons. The lowest BCUT2D eigenvalue weighted by Crippen LogP contribution is -2.57. The summed E-state index contributed by atoms with van der Waals surface area (Å²) in [7, 11) is 0. The van der Waals surface area contributed by atoms with Gasteiger partial charge < -0.3 is 10.6 Å². The molecule has 2 heterocycles. The van der Waals surface area contributed by atoms with Crippen LogP contribution in [0.3, 0.4) is 0 Å². The Hall–Kier alpha value is -1.17. The van der Waals surface area contributed by atoms with Crippen molar-refractivity contribution in [3.05, 3.63) is 35.0 Å². The lowest BCUT2D eigenvalue weighted by molar-refractivity contribution is -0.137. The Bertz CT molecular complexity index is 526. The molecule has 4 nitrogen and oxygen atoms in total. The second-order valence-electron chi connectivity index (χ2n) is 7.12. The zero-order chi connectivity index (χ0) is 17.0. The Kier molecular flexibility index (Phi) is 6.00. The van der Waals surface area contributed by atoms with Gasteiger partial charge in [0.15, 0.2) is 0 Å². The van der Waals surface area contributed by atoms with Crippen LogP contribution in [0.2, 0.25) is 0 Å². The average molecular weight is 336 g/mol. The van der Waals surface area contributed by atoms with Crippen LogP contribution in [0.1, 0.15) is 32.1 Å². The number of hydrogen-bond donors (Lipinski definition) is 1. The summed E-state index contributed by atoms with van der Waals surface area (Å²) in [5.41, 5.74) is 6.26. The van der Waals surface area contributed by atoms with Gasteiger partial charge in [0.05, 0.1) is 12.6 Å². The van der Waals surface area contributed by atoms with Crippen LogP contribution < -0.4 is 5.73 Å². The van der Waals surface area contributed by atoms with E-state index in [4.69, 9.17) is 5.73 Å². The minimum atomic E-state index is -0.123. The third-order valence-corrected chi connectivity index (χ3v) is 5.70. The van der Waals surface area contributed by atoms with Crippen LogP contribution in [0.15, 0.2) is 30.2 Å². The molecular weight excluding hydrogens is 306 g/mol. The van der Waals surface area contributed by atoms with Crippen LogP contribution in [0.4, 0.5) is 0 Å². The van der Waals surface area contributed by atoms with Crippen LogP contribution in [-0.2, 0) is 11.3 Å². The first-order chi connectivity index (χ1) is 10.8. The molecule has 0 bridgehead atoms. The van der Waals surface area contributed by atoms with Gasteiger partial charge in [-0.3, -0.25) is 9.69 Å². The van der Waals surface area contributed by atoms with Crippen LogP contribution >= 0.6 is 11.3 Å². The molecule has 1 fully saturated rings. The molecule has 0 saturated carbocycles. The summed E-state index contributed by atoms with van der Waals surface area (Å²) in [6, 6.07) is 4.18. The zero-order valence-electron chi connectivity index (χ0n) is 14.5. The highest BCUT2D eigenvalue weighted by Crippen LogP contribution is 2.29. The Morgan fingerprint density at radius 1 is 1.65 bits per heavy atom. The van der Waals surface area contributed by atoms with Crippen molar-refractivity contribution in [1.29, 1.82) is 0 Å². The summed E-state index contributed by atoms with van der Waals surface area (Å²) in [6.45, 7) is 13.2. The van der Waals surface area contributed by atoms with E-state index in [1.807, 2.05) is 23.3 Å². The van der Waals surface area contributed by atoms with E-state index in [1.54, 1.807) is 17.4 Å². The first-order valence-electron chi connectivity index (χ1n) is 8.27. The van der Waals surface area contributed by atoms with Crippen LogP contribution in [0.25, 0.3) is 0 Å². The second kappa shape index (κ2) is 7.60. The molecule has 1 saturated heterocycles. The largest absolute Gasteiger partial charge is 0.332 e. The van der Waals surface area contributed by atoms with Gasteiger partial charge in [-0.25, -0.2) is 0 Å². The fourth-order valence-corrected chi connectivity index (χ4v) is 3.86. The topological polar surface area (TPSA) is 49.6 Å². The Balaban J connectivity index is 2.05. The number of amides is 1. The van der Waals surface area contributed by atoms with Crippen LogP contribution in [0.5, 0.6) is 0 Å². The standard InChI is InChI=1S/C18H29N3OS/c1-5-9-20(12-15-7-6-11-23-15)17(22)14(2)21-10-8-16(19)18(3,4)13-21/h5-7,11,14,16H,1,8-10,12-13,19H2,2-4H3. The summed E-state index contributed by atoms with van der Waals surface area (Å²) < 4.78 is 0. The van der Waals surface area contributed by atoms with E-state index in [0.29, 0.717) is 13.1 Å². The second-order valence-corrected chi connectivity index (χ2v) is 8.15. The van der Waals surface area contributed by atoms with Gasteiger partial charge in [0.25, 0.3) is 0 Å².